The van der Waals surface area contributed by atoms with Crippen molar-refractivity contribution in [2.45, 2.75) is 36.6 Å². The SMILES string of the molecule is NC1[C@@H](OP(=O)(O)O)[C@H](OP(=O)(O)O)C(OP(=O)(O)O)[C@H](OP(=O)(O)O)[C@@H]1OP(=O)(O)O. The Morgan fingerprint density at radius 2 is 0.562 bits per heavy atom. The van der Waals surface area contributed by atoms with Gasteiger partial charge in [-0.2, -0.15) is 0 Å². The summed E-state index contributed by atoms with van der Waals surface area (Å²) in [7, 11) is -28.8. The lowest BCUT2D eigenvalue weighted by Crippen LogP contribution is -2.68. The van der Waals surface area contributed by atoms with E-state index >= 15 is 0 Å². The van der Waals surface area contributed by atoms with Crippen LogP contribution in [0.25, 0.3) is 0 Å². The first kappa shape index (κ1) is 30.5. The maximum absolute atomic E-state index is 11.3. The summed E-state index contributed by atoms with van der Waals surface area (Å²) in [5, 5.41) is 0. The van der Waals surface area contributed by atoms with Crippen molar-refractivity contribution in [3.8, 4) is 0 Å². The summed E-state index contributed by atoms with van der Waals surface area (Å²) >= 11 is 0. The first-order chi connectivity index (χ1) is 13.9. The van der Waals surface area contributed by atoms with E-state index in [-0.39, 0.29) is 0 Å². The smallest absolute Gasteiger partial charge is 0.323 e. The maximum atomic E-state index is 11.3. The standard InChI is InChI=1S/C6H18NO20P5/c7-1-2(23-28(8,9)10)4(25-30(14,15)16)6(27-32(20,21)22)5(26-31(17,18)19)3(1)24-29(11,12)13/h1-6H,7H2,(H2,8,9,10)(H2,11,12,13)(H2,14,15,16)(H2,17,18,19)(H2,20,21,22)/t1?,2-,3-,4-,5+,6?/m1/s1. The Bertz CT molecular complexity index is 830. The number of hydrogen-bond donors (Lipinski definition) is 11. The van der Waals surface area contributed by atoms with Crippen LogP contribution in [-0.2, 0) is 45.4 Å². The van der Waals surface area contributed by atoms with E-state index < -0.39 is 75.7 Å². The van der Waals surface area contributed by atoms with Crippen molar-refractivity contribution in [3.63, 3.8) is 0 Å². The van der Waals surface area contributed by atoms with Gasteiger partial charge in [-0.15, -0.1) is 0 Å². The third-order valence-corrected chi connectivity index (χ3v) is 5.94. The molecule has 0 spiro atoms. The highest BCUT2D eigenvalue weighted by molar-refractivity contribution is 7.47. The van der Waals surface area contributed by atoms with E-state index in [1.165, 1.54) is 0 Å². The van der Waals surface area contributed by atoms with Gasteiger partial charge in [-0.3, -0.25) is 22.6 Å². The molecule has 2 unspecified atom stereocenters. The van der Waals surface area contributed by atoms with Crippen LogP contribution in [0.5, 0.6) is 0 Å². The predicted molar refractivity (Wildman–Crippen MR) is 92.6 cm³/mol. The monoisotopic (exact) mass is 579 g/mol. The molecule has 0 aromatic heterocycles. The van der Waals surface area contributed by atoms with Crippen molar-refractivity contribution < 1.29 is 94.4 Å². The molecule has 26 heteroatoms. The van der Waals surface area contributed by atoms with Crippen molar-refractivity contribution in [2.75, 3.05) is 0 Å². The Labute approximate surface area is 176 Å². The Hall–Kier alpha value is 0.510. The van der Waals surface area contributed by atoms with E-state index in [2.05, 4.69) is 22.6 Å². The van der Waals surface area contributed by atoms with Crippen LogP contribution in [0.2, 0.25) is 0 Å². The molecule has 0 saturated heterocycles. The molecule has 0 aliphatic heterocycles. The summed E-state index contributed by atoms with van der Waals surface area (Å²) in [4.78, 5) is 90.5. The van der Waals surface area contributed by atoms with Crippen molar-refractivity contribution >= 4 is 39.1 Å². The number of rotatable bonds is 10. The molecular formula is C6H18NO20P5. The van der Waals surface area contributed by atoms with Crippen LogP contribution in [0.1, 0.15) is 0 Å². The fourth-order valence-corrected chi connectivity index (χ4v) is 5.43. The largest absolute Gasteiger partial charge is 0.470 e. The number of phosphoric ester groups is 5. The highest BCUT2D eigenvalue weighted by Crippen LogP contribution is 2.54. The van der Waals surface area contributed by atoms with Gasteiger partial charge in [-0.25, -0.2) is 22.8 Å². The molecule has 1 aliphatic carbocycles. The topological polar surface area (TPSA) is 360 Å². The summed E-state index contributed by atoms with van der Waals surface area (Å²) in [6, 6.07) is -2.39. The average molecular weight is 579 g/mol. The minimum absolute atomic E-state index is 2.39. The van der Waals surface area contributed by atoms with Crippen LogP contribution in [0, 0.1) is 0 Å². The Balaban J connectivity index is 3.77. The molecule has 0 heterocycles. The van der Waals surface area contributed by atoms with Crippen molar-refractivity contribution in [1.82, 2.24) is 0 Å². The van der Waals surface area contributed by atoms with E-state index in [0.717, 1.165) is 0 Å². The van der Waals surface area contributed by atoms with Gasteiger partial charge in [-0.1, -0.05) is 0 Å². The molecule has 0 amide bonds. The Morgan fingerprint density at radius 1 is 0.406 bits per heavy atom. The van der Waals surface area contributed by atoms with Crippen LogP contribution in [0.3, 0.4) is 0 Å². The van der Waals surface area contributed by atoms with Gasteiger partial charge in [0, 0.05) is 0 Å². The number of hydrogen-bond acceptors (Lipinski definition) is 11. The maximum Gasteiger partial charge on any atom is 0.470 e. The summed E-state index contributed by atoms with van der Waals surface area (Å²) in [6.07, 6.45) is -13.7. The fraction of sp³-hybridized carbons (Fsp3) is 1.00. The van der Waals surface area contributed by atoms with E-state index in [1.54, 1.807) is 0 Å². The molecule has 1 saturated carbocycles. The molecule has 32 heavy (non-hydrogen) atoms. The molecule has 21 nitrogen and oxygen atoms in total. The molecule has 1 rings (SSSR count). The highest BCUT2D eigenvalue weighted by atomic mass is 31.2. The van der Waals surface area contributed by atoms with Gasteiger partial charge in [0.25, 0.3) is 0 Å². The van der Waals surface area contributed by atoms with Gasteiger partial charge in [0.15, 0.2) is 0 Å². The zero-order chi connectivity index (χ0) is 25.5. The van der Waals surface area contributed by atoms with Gasteiger partial charge in [0.2, 0.25) is 0 Å². The number of phosphoric acid groups is 5. The van der Waals surface area contributed by atoms with Gasteiger partial charge in [-0.05, 0) is 0 Å². The van der Waals surface area contributed by atoms with Crippen LogP contribution in [-0.4, -0.2) is 85.5 Å². The molecule has 1 aliphatic rings. The molecule has 6 atom stereocenters. The van der Waals surface area contributed by atoms with Gasteiger partial charge in [0.1, 0.15) is 30.5 Å². The second-order valence-corrected chi connectivity index (χ2v) is 11.8. The summed E-state index contributed by atoms with van der Waals surface area (Å²) < 4.78 is 77.3. The first-order valence-electron chi connectivity index (χ1n) is 7.34. The predicted octanol–water partition coefficient (Wildman–Crippen LogP) is -3.28. The first-order valence-corrected chi connectivity index (χ1v) is 15.0. The van der Waals surface area contributed by atoms with E-state index in [1.807, 2.05) is 0 Å². The molecule has 1 fully saturated rings. The third kappa shape index (κ3) is 10.8. The molecule has 0 radical (unpaired) electrons. The Morgan fingerprint density at radius 3 is 0.750 bits per heavy atom. The lowest BCUT2D eigenvalue weighted by molar-refractivity contribution is -0.166. The van der Waals surface area contributed by atoms with Crippen LogP contribution in [0.15, 0.2) is 0 Å². The van der Waals surface area contributed by atoms with Crippen molar-refractivity contribution in [2.24, 2.45) is 5.73 Å². The molecule has 12 N–H and O–H groups in total. The van der Waals surface area contributed by atoms with E-state index in [4.69, 9.17) is 54.7 Å². The van der Waals surface area contributed by atoms with E-state index in [9.17, 15) is 22.8 Å². The van der Waals surface area contributed by atoms with Gasteiger partial charge >= 0.3 is 39.1 Å². The van der Waals surface area contributed by atoms with Gasteiger partial charge < -0.3 is 54.7 Å². The molecule has 192 valence electrons. The quantitative estimate of drug-likeness (QED) is 0.113. The third-order valence-electron chi connectivity index (χ3n) is 3.35. The van der Waals surface area contributed by atoms with Gasteiger partial charge in [0.05, 0.1) is 6.04 Å². The molecule has 0 bridgehead atoms. The fourth-order valence-electron chi connectivity index (χ4n) is 2.60. The van der Waals surface area contributed by atoms with Crippen LogP contribution < -0.4 is 5.73 Å². The minimum atomic E-state index is -5.82. The number of nitrogens with two attached hydrogens (primary N) is 1. The van der Waals surface area contributed by atoms with Crippen LogP contribution in [0.4, 0.5) is 0 Å². The van der Waals surface area contributed by atoms with E-state index in [0.29, 0.717) is 0 Å². The lowest BCUT2D eigenvalue weighted by Gasteiger charge is -2.47. The summed E-state index contributed by atoms with van der Waals surface area (Å²) in [5.74, 6) is 0. The molecule has 0 aromatic rings. The summed E-state index contributed by atoms with van der Waals surface area (Å²) in [5.41, 5.74) is 5.53. The second kappa shape index (κ2) is 10.2. The van der Waals surface area contributed by atoms with Crippen molar-refractivity contribution in [3.05, 3.63) is 0 Å². The lowest BCUT2D eigenvalue weighted by atomic mass is 9.84. The zero-order valence-corrected chi connectivity index (χ0v) is 19.3. The average Bonchev–Trinajstić information content (AvgIpc) is 2.45. The van der Waals surface area contributed by atoms with Crippen molar-refractivity contribution in [1.29, 1.82) is 0 Å². The second-order valence-electron chi connectivity index (χ2n) is 5.88. The normalized spacial score (nSPS) is 31.0. The molecule has 0 aromatic carbocycles. The highest BCUT2D eigenvalue weighted by Gasteiger charge is 2.60. The minimum Gasteiger partial charge on any atom is -0.323 e. The zero-order valence-electron chi connectivity index (χ0n) is 14.8. The van der Waals surface area contributed by atoms with Crippen LogP contribution >= 0.6 is 39.1 Å². The Kier molecular flexibility index (Phi) is 9.78. The molecular weight excluding hydrogens is 561 g/mol. The summed E-state index contributed by atoms with van der Waals surface area (Å²) in [6.45, 7) is 0.